The minimum absolute atomic E-state index is 0.123. The quantitative estimate of drug-likeness (QED) is 0.644. The summed E-state index contributed by atoms with van der Waals surface area (Å²) in [5.74, 6) is 1.13. The summed E-state index contributed by atoms with van der Waals surface area (Å²) in [4.78, 5) is 27.2. The molecule has 30 heavy (non-hydrogen) atoms. The molecule has 2 bridgehead atoms. The zero-order valence-corrected chi connectivity index (χ0v) is 19.0. The molecule has 0 aliphatic carbocycles. The van der Waals surface area contributed by atoms with Gasteiger partial charge in [-0.05, 0) is 55.7 Å². The number of nitrogens with one attached hydrogen (secondary N) is 2. The molecule has 2 atom stereocenters. The maximum absolute atomic E-state index is 13.1. The maximum Gasteiger partial charge on any atom is 0.325 e. The number of ether oxygens (including phenoxy) is 1. The second kappa shape index (κ2) is 7.95. The number of amides is 3. The minimum Gasteiger partial charge on any atom is -0.467 e. The first kappa shape index (κ1) is 20.7. The van der Waals surface area contributed by atoms with Gasteiger partial charge in [0, 0.05) is 28.6 Å². The molecule has 158 valence electrons. The SMILES string of the molecule is CC(C)CCNC(=O)c1cccc(N2C(=O)N[C@H]3C[C@@]2(C)Oc2ccc(Br)cc23)c1. The third-order valence-corrected chi connectivity index (χ3v) is 6.10. The highest BCUT2D eigenvalue weighted by Crippen LogP contribution is 2.46. The summed E-state index contributed by atoms with van der Waals surface area (Å²) in [6, 6.07) is 12.6. The van der Waals surface area contributed by atoms with E-state index in [1.54, 1.807) is 23.1 Å². The van der Waals surface area contributed by atoms with Crippen LogP contribution in [0.25, 0.3) is 0 Å². The van der Waals surface area contributed by atoms with Crippen molar-refractivity contribution in [3.63, 3.8) is 0 Å². The number of benzene rings is 2. The molecule has 4 rings (SSSR count). The fourth-order valence-corrected chi connectivity index (χ4v) is 4.48. The van der Waals surface area contributed by atoms with Gasteiger partial charge in [0.2, 0.25) is 0 Å². The average molecular weight is 472 g/mol. The molecular formula is C23H26BrN3O3. The maximum atomic E-state index is 13.1. The molecule has 1 fully saturated rings. The van der Waals surface area contributed by atoms with Crippen LogP contribution in [0, 0.1) is 5.92 Å². The average Bonchev–Trinajstić information content (AvgIpc) is 2.68. The van der Waals surface area contributed by atoms with E-state index in [0.717, 1.165) is 22.2 Å². The number of rotatable bonds is 5. The highest BCUT2D eigenvalue weighted by molar-refractivity contribution is 9.10. The van der Waals surface area contributed by atoms with E-state index in [9.17, 15) is 9.59 Å². The third kappa shape index (κ3) is 3.90. The van der Waals surface area contributed by atoms with Gasteiger partial charge in [-0.2, -0.15) is 0 Å². The Kier molecular flexibility index (Phi) is 5.49. The molecular weight excluding hydrogens is 446 g/mol. The lowest BCUT2D eigenvalue weighted by atomic mass is 9.90. The number of hydrogen-bond acceptors (Lipinski definition) is 3. The molecule has 2 aromatic rings. The molecule has 6 nitrogen and oxygen atoms in total. The summed E-state index contributed by atoms with van der Waals surface area (Å²) in [5, 5.41) is 6.04. The van der Waals surface area contributed by atoms with Crippen LogP contribution in [-0.4, -0.2) is 24.2 Å². The number of anilines is 1. The zero-order valence-electron chi connectivity index (χ0n) is 17.4. The van der Waals surface area contributed by atoms with Crippen molar-refractivity contribution in [2.75, 3.05) is 11.4 Å². The molecule has 0 unspecified atom stereocenters. The molecule has 1 saturated heterocycles. The second-order valence-electron chi connectivity index (χ2n) is 8.49. The molecule has 0 aromatic heterocycles. The van der Waals surface area contributed by atoms with E-state index in [-0.39, 0.29) is 18.0 Å². The lowest BCUT2D eigenvalue weighted by Crippen LogP contribution is -2.65. The summed E-state index contributed by atoms with van der Waals surface area (Å²) < 4.78 is 7.26. The van der Waals surface area contributed by atoms with Gasteiger partial charge in [0.25, 0.3) is 5.91 Å². The fourth-order valence-electron chi connectivity index (χ4n) is 4.10. The van der Waals surface area contributed by atoms with Gasteiger partial charge in [-0.15, -0.1) is 0 Å². The zero-order chi connectivity index (χ0) is 21.5. The van der Waals surface area contributed by atoms with Crippen LogP contribution in [0.15, 0.2) is 46.9 Å². The van der Waals surface area contributed by atoms with Crippen molar-refractivity contribution >= 4 is 33.6 Å². The second-order valence-corrected chi connectivity index (χ2v) is 9.41. The molecule has 7 heteroatoms. The monoisotopic (exact) mass is 471 g/mol. The number of carbonyl (C=O) groups is 2. The van der Waals surface area contributed by atoms with E-state index in [2.05, 4.69) is 40.4 Å². The number of fused-ring (bicyclic) bond motifs is 4. The molecule has 2 aliphatic rings. The van der Waals surface area contributed by atoms with Gasteiger partial charge in [0.05, 0.1) is 11.7 Å². The molecule has 0 saturated carbocycles. The molecule has 2 aliphatic heterocycles. The number of hydrogen-bond donors (Lipinski definition) is 2. The van der Waals surface area contributed by atoms with Gasteiger partial charge in [0.1, 0.15) is 5.75 Å². The van der Waals surface area contributed by atoms with Crippen LogP contribution in [-0.2, 0) is 0 Å². The first-order valence-electron chi connectivity index (χ1n) is 10.2. The number of nitrogens with zero attached hydrogens (tertiary/aromatic N) is 1. The Bertz CT molecular complexity index is 993. The molecule has 3 amide bonds. The van der Waals surface area contributed by atoms with Crippen molar-refractivity contribution in [2.24, 2.45) is 5.92 Å². The lowest BCUT2D eigenvalue weighted by Gasteiger charge is -2.50. The van der Waals surface area contributed by atoms with E-state index >= 15 is 0 Å². The standard InChI is InChI=1S/C23H26BrN3O3/c1-14(2)9-10-25-21(28)15-5-4-6-17(11-15)27-22(29)26-19-13-23(27,3)30-20-8-7-16(24)12-18(19)20/h4-8,11-12,14,19H,9-10,13H2,1-3H3,(H,25,28)(H,26,29)/t19-,23+/m0/s1. The van der Waals surface area contributed by atoms with Crippen molar-refractivity contribution in [1.29, 1.82) is 0 Å². The topological polar surface area (TPSA) is 70.7 Å². The summed E-state index contributed by atoms with van der Waals surface area (Å²) in [6.45, 7) is 6.78. The minimum atomic E-state index is -0.847. The fraction of sp³-hybridized carbons (Fsp3) is 0.391. The van der Waals surface area contributed by atoms with Gasteiger partial charge < -0.3 is 15.4 Å². The van der Waals surface area contributed by atoms with Gasteiger partial charge in [-0.25, -0.2) is 4.79 Å². The Morgan fingerprint density at radius 3 is 2.90 bits per heavy atom. The highest BCUT2D eigenvalue weighted by atomic mass is 79.9. The van der Waals surface area contributed by atoms with Crippen molar-refractivity contribution in [2.45, 2.75) is 45.4 Å². The van der Waals surface area contributed by atoms with Crippen LogP contribution < -0.4 is 20.3 Å². The van der Waals surface area contributed by atoms with Crippen molar-refractivity contribution in [3.05, 3.63) is 58.1 Å². The number of carbonyl (C=O) groups excluding carboxylic acids is 2. The van der Waals surface area contributed by atoms with Gasteiger partial charge in [-0.3, -0.25) is 9.69 Å². The Morgan fingerprint density at radius 1 is 1.33 bits per heavy atom. The Morgan fingerprint density at radius 2 is 2.13 bits per heavy atom. The van der Waals surface area contributed by atoms with E-state index in [0.29, 0.717) is 30.1 Å². The summed E-state index contributed by atoms with van der Waals surface area (Å²) in [6.07, 6.45) is 1.52. The largest absolute Gasteiger partial charge is 0.467 e. The summed E-state index contributed by atoms with van der Waals surface area (Å²) >= 11 is 3.49. The van der Waals surface area contributed by atoms with Crippen LogP contribution in [0.5, 0.6) is 5.75 Å². The van der Waals surface area contributed by atoms with E-state index in [1.165, 1.54) is 0 Å². The van der Waals surface area contributed by atoms with Crippen molar-refractivity contribution in [3.8, 4) is 5.75 Å². The number of urea groups is 1. The highest BCUT2D eigenvalue weighted by Gasteiger charge is 2.49. The van der Waals surface area contributed by atoms with Crippen LogP contribution in [0.3, 0.4) is 0 Å². The number of halogens is 1. The molecule has 2 aromatic carbocycles. The van der Waals surface area contributed by atoms with Gasteiger partial charge >= 0.3 is 6.03 Å². The smallest absolute Gasteiger partial charge is 0.325 e. The lowest BCUT2D eigenvalue weighted by molar-refractivity contribution is 0.0378. The van der Waals surface area contributed by atoms with Crippen molar-refractivity contribution < 1.29 is 14.3 Å². The third-order valence-electron chi connectivity index (χ3n) is 5.61. The van der Waals surface area contributed by atoms with Crippen LogP contribution in [0.1, 0.15) is 55.6 Å². The van der Waals surface area contributed by atoms with Crippen LogP contribution >= 0.6 is 15.9 Å². The molecule has 2 heterocycles. The van der Waals surface area contributed by atoms with E-state index in [1.807, 2.05) is 31.2 Å². The summed E-state index contributed by atoms with van der Waals surface area (Å²) in [7, 11) is 0. The van der Waals surface area contributed by atoms with Crippen LogP contribution in [0.4, 0.5) is 10.5 Å². The Balaban J connectivity index is 1.61. The molecule has 0 radical (unpaired) electrons. The predicted molar refractivity (Wildman–Crippen MR) is 120 cm³/mol. The first-order valence-corrected chi connectivity index (χ1v) is 11.0. The van der Waals surface area contributed by atoms with E-state index in [4.69, 9.17) is 4.74 Å². The first-order chi connectivity index (χ1) is 14.3. The molecule has 2 N–H and O–H groups in total. The predicted octanol–water partition coefficient (Wildman–Crippen LogP) is 4.99. The van der Waals surface area contributed by atoms with Gasteiger partial charge in [0.15, 0.2) is 5.72 Å². The van der Waals surface area contributed by atoms with E-state index < -0.39 is 5.72 Å². The van der Waals surface area contributed by atoms with Crippen LogP contribution in [0.2, 0.25) is 0 Å². The summed E-state index contributed by atoms with van der Waals surface area (Å²) in [5.41, 5.74) is 1.27. The Labute approximate surface area is 185 Å². The molecule has 0 spiro atoms. The normalized spacial score (nSPS) is 22.2. The van der Waals surface area contributed by atoms with Gasteiger partial charge in [-0.1, -0.05) is 35.8 Å². The Hall–Kier alpha value is -2.54. The van der Waals surface area contributed by atoms with Crippen molar-refractivity contribution in [1.82, 2.24) is 10.6 Å².